The number of hydrogen-bond acceptors (Lipinski definition) is 5. The Balaban J connectivity index is 2.52. The fourth-order valence-electron chi connectivity index (χ4n) is 4.09. The summed E-state index contributed by atoms with van der Waals surface area (Å²) in [6, 6.07) is 2.14. The molecule has 1 aromatic rings. The van der Waals surface area contributed by atoms with Crippen LogP contribution in [0.1, 0.15) is 83.6 Å². The fourth-order valence-corrected chi connectivity index (χ4v) is 5.83. The maximum absolute atomic E-state index is 13.3. The van der Waals surface area contributed by atoms with E-state index in [0.717, 1.165) is 42.6 Å². The van der Waals surface area contributed by atoms with E-state index < -0.39 is 12.8 Å². The van der Waals surface area contributed by atoms with Crippen molar-refractivity contribution >= 4 is 19.5 Å². The minimum Gasteiger partial charge on any atom is -0.496 e. The van der Waals surface area contributed by atoms with E-state index in [2.05, 4.69) is 26.8 Å². The molecule has 6 heteroatoms. The first kappa shape index (κ1) is 25.8. The van der Waals surface area contributed by atoms with Crippen LogP contribution in [0, 0.1) is 0 Å². The van der Waals surface area contributed by atoms with Gasteiger partial charge in [0.1, 0.15) is 10.9 Å². The average molecular weight is 451 g/mol. The van der Waals surface area contributed by atoms with Crippen LogP contribution in [0.15, 0.2) is 12.1 Å². The first-order valence-corrected chi connectivity index (χ1v) is 12.8. The van der Waals surface area contributed by atoms with Crippen molar-refractivity contribution in [1.29, 1.82) is 0 Å². The predicted octanol–water partition coefficient (Wildman–Crippen LogP) is 6.50. The van der Waals surface area contributed by atoms with Crippen LogP contribution in [0.2, 0.25) is 0 Å². The zero-order valence-corrected chi connectivity index (χ0v) is 21.4. The summed E-state index contributed by atoms with van der Waals surface area (Å²) in [6.45, 7) is 13.7. The van der Waals surface area contributed by atoms with Crippen LogP contribution in [-0.2, 0) is 36.7 Å². The Morgan fingerprint density at radius 1 is 1.03 bits per heavy atom. The molecule has 2 rings (SSSR count). The highest BCUT2D eigenvalue weighted by Crippen LogP contribution is 2.60. The van der Waals surface area contributed by atoms with E-state index in [1.165, 1.54) is 17.2 Å². The highest BCUT2D eigenvalue weighted by molar-refractivity contribution is 7.56. The summed E-state index contributed by atoms with van der Waals surface area (Å²) in [4.78, 5) is 13.2. The summed E-state index contributed by atoms with van der Waals surface area (Å²) < 4.78 is 30.0. The van der Waals surface area contributed by atoms with Crippen LogP contribution in [0.4, 0.5) is 0 Å². The predicted molar refractivity (Wildman–Crippen MR) is 127 cm³/mol. The Kier molecular flexibility index (Phi) is 8.35. The van der Waals surface area contributed by atoms with Gasteiger partial charge in [-0.1, -0.05) is 26.8 Å². The first-order chi connectivity index (χ1) is 14.4. The van der Waals surface area contributed by atoms with Crippen molar-refractivity contribution in [2.75, 3.05) is 20.3 Å². The molecule has 0 amide bonds. The Morgan fingerprint density at radius 2 is 1.58 bits per heavy atom. The zero-order valence-electron chi connectivity index (χ0n) is 20.5. The van der Waals surface area contributed by atoms with Gasteiger partial charge in [0.2, 0.25) is 0 Å². The summed E-state index contributed by atoms with van der Waals surface area (Å²) in [6.07, 6.45) is 7.60. The third-order valence-electron chi connectivity index (χ3n) is 5.95. The molecule has 0 heterocycles. The lowest BCUT2D eigenvalue weighted by Gasteiger charge is -2.30. The normalized spacial score (nSPS) is 15.2. The highest BCUT2D eigenvalue weighted by atomic mass is 31.2. The number of hydrogen-bond donors (Lipinski definition) is 0. The number of fused-ring (bicyclic) bond motifs is 1. The molecule has 0 fully saturated rings. The molecule has 0 aromatic heterocycles. The smallest absolute Gasteiger partial charge is 0.343 e. The van der Waals surface area contributed by atoms with Crippen molar-refractivity contribution in [3.05, 3.63) is 34.4 Å². The van der Waals surface area contributed by atoms with Crippen LogP contribution in [0.3, 0.4) is 0 Å². The summed E-state index contributed by atoms with van der Waals surface area (Å²) in [5.74, 6) is 0.707. The molecule has 1 aromatic carbocycles. The molecule has 1 aliphatic rings. The lowest BCUT2D eigenvalue weighted by Crippen LogP contribution is -2.32. The van der Waals surface area contributed by atoms with Gasteiger partial charge in [-0.25, -0.2) is 0 Å². The van der Waals surface area contributed by atoms with Gasteiger partial charge in [0.15, 0.2) is 5.78 Å². The van der Waals surface area contributed by atoms with Crippen LogP contribution in [-0.4, -0.2) is 31.3 Å². The van der Waals surface area contributed by atoms with E-state index in [4.69, 9.17) is 13.8 Å². The molecule has 5 nitrogen and oxygen atoms in total. The molecule has 0 bridgehead atoms. The van der Waals surface area contributed by atoms with Crippen LogP contribution < -0.4 is 4.74 Å². The average Bonchev–Trinajstić information content (AvgIpc) is 2.70. The largest absolute Gasteiger partial charge is 0.496 e. The molecule has 0 atom stereocenters. The van der Waals surface area contributed by atoms with E-state index in [1.54, 1.807) is 34.8 Å². The van der Waals surface area contributed by atoms with Crippen molar-refractivity contribution in [2.45, 2.75) is 84.7 Å². The second-order valence-electron chi connectivity index (χ2n) is 9.55. The maximum Gasteiger partial charge on any atom is 0.343 e. The molecule has 0 saturated heterocycles. The van der Waals surface area contributed by atoms with Crippen molar-refractivity contribution in [2.24, 2.45) is 0 Å². The lowest BCUT2D eigenvalue weighted by atomic mass is 9.78. The first-order valence-electron chi connectivity index (χ1n) is 11.3. The van der Waals surface area contributed by atoms with Gasteiger partial charge >= 0.3 is 7.60 Å². The van der Waals surface area contributed by atoms with Crippen molar-refractivity contribution in [3.8, 4) is 5.75 Å². The number of carbonyl (C=O) groups excluding carboxylic acids is 1. The number of ether oxygens (including phenoxy) is 1. The van der Waals surface area contributed by atoms with Gasteiger partial charge in [0, 0.05) is 5.56 Å². The van der Waals surface area contributed by atoms with Crippen LogP contribution >= 0.6 is 7.60 Å². The topological polar surface area (TPSA) is 61.8 Å². The summed E-state index contributed by atoms with van der Waals surface area (Å²) in [5, 5.41) is -1.27. The van der Waals surface area contributed by atoms with Crippen molar-refractivity contribution in [1.82, 2.24) is 0 Å². The monoisotopic (exact) mass is 450 g/mol. The van der Waals surface area contributed by atoms with Gasteiger partial charge in [0.25, 0.3) is 0 Å². The molecule has 0 aliphatic heterocycles. The molecule has 0 unspecified atom stereocenters. The third kappa shape index (κ3) is 5.32. The summed E-state index contributed by atoms with van der Waals surface area (Å²) in [5.41, 5.74) is 4.57. The second-order valence-corrected chi connectivity index (χ2v) is 12.2. The molecular formula is C25H39O5P. The Morgan fingerprint density at radius 3 is 2.06 bits per heavy atom. The Bertz CT molecular complexity index is 867. The highest BCUT2D eigenvalue weighted by Gasteiger charge is 2.48. The van der Waals surface area contributed by atoms with E-state index >= 15 is 0 Å². The van der Waals surface area contributed by atoms with Gasteiger partial charge in [-0.05, 0) is 87.6 Å². The van der Waals surface area contributed by atoms with Crippen LogP contribution in [0.5, 0.6) is 5.75 Å². The van der Waals surface area contributed by atoms with E-state index in [9.17, 15) is 9.36 Å². The van der Waals surface area contributed by atoms with Gasteiger partial charge < -0.3 is 13.8 Å². The fraction of sp³-hybridized carbons (Fsp3) is 0.640. The Labute approximate surface area is 188 Å². The van der Waals surface area contributed by atoms with Gasteiger partial charge in [-0.3, -0.25) is 9.36 Å². The molecule has 0 N–H and O–H groups in total. The van der Waals surface area contributed by atoms with Gasteiger partial charge in [-0.2, -0.15) is 0 Å². The van der Waals surface area contributed by atoms with E-state index in [-0.39, 0.29) is 24.4 Å². The quantitative estimate of drug-likeness (QED) is 0.317. The van der Waals surface area contributed by atoms with E-state index in [1.807, 2.05) is 6.08 Å². The molecule has 31 heavy (non-hydrogen) atoms. The number of rotatable bonds is 9. The molecular weight excluding hydrogens is 411 g/mol. The lowest BCUT2D eigenvalue weighted by molar-refractivity contribution is -0.116. The molecule has 0 saturated carbocycles. The van der Waals surface area contributed by atoms with Gasteiger partial charge in [0.05, 0.1) is 20.3 Å². The SMILES string of the molecule is CCOP(=O)(OCC)C(C)(C)C(=O)/C=C/c1cc(C(C)(C)C)c(OC)c2c1CCCC2. The molecule has 0 radical (unpaired) electrons. The molecule has 174 valence electrons. The number of benzene rings is 1. The van der Waals surface area contributed by atoms with Crippen molar-refractivity contribution < 1.29 is 23.1 Å². The van der Waals surface area contributed by atoms with Crippen molar-refractivity contribution in [3.63, 3.8) is 0 Å². The second kappa shape index (κ2) is 10.0. The number of methoxy groups -OCH3 is 1. The number of carbonyl (C=O) groups is 1. The third-order valence-corrected chi connectivity index (χ3v) is 8.73. The van der Waals surface area contributed by atoms with E-state index in [0.29, 0.717) is 0 Å². The molecule has 1 aliphatic carbocycles. The molecule has 0 spiro atoms. The number of ketones is 1. The minimum atomic E-state index is -3.59. The standard InChI is InChI=1S/C25H39O5P/c1-9-29-31(27,30-10-2)25(6,7)22(26)16-15-18-17-21(24(3,4)5)23(28-8)20-14-12-11-13-19(18)20/h15-17H,9-14H2,1-8H3/b16-15+. The summed E-state index contributed by atoms with van der Waals surface area (Å²) in [7, 11) is -1.86. The number of allylic oxidation sites excluding steroid dienone is 1. The Hall–Kier alpha value is -1.42. The minimum absolute atomic E-state index is 0.0939. The maximum atomic E-state index is 13.3. The van der Waals surface area contributed by atoms with Crippen LogP contribution in [0.25, 0.3) is 6.08 Å². The van der Waals surface area contributed by atoms with Gasteiger partial charge in [-0.15, -0.1) is 0 Å². The zero-order chi connectivity index (χ0) is 23.4. The summed E-state index contributed by atoms with van der Waals surface area (Å²) >= 11 is 0.